The van der Waals surface area contributed by atoms with Gasteiger partial charge >= 0.3 is 0 Å². The molecule has 0 aliphatic heterocycles. The van der Waals surface area contributed by atoms with Gasteiger partial charge in [0.05, 0.1) is 0 Å². The molecule has 0 aliphatic rings. The van der Waals surface area contributed by atoms with Crippen LogP contribution in [0.15, 0.2) is 23.8 Å². The van der Waals surface area contributed by atoms with Crippen LogP contribution >= 0.6 is 15.9 Å². The number of halogens is 1. The molecule has 0 spiro atoms. The van der Waals surface area contributed by atoms with Crippen LogP contribution in [-0.2, 0) is 0 Å². The minimum Gasteiger partial charge on any atom is -0.0928 e. The lowest BCUT2D eigenvalue weighted by Crippen LogP contribution is -1.79. The van der Waals surface area contributed by atoms with Crippen molar-refractivity contribution in [3.63, 3.8) is 0 Å². The van der Waals surface area contributed by atoms with Gasteiger partial charge in [0.15, 0.2) is 0 Å². The van der Waals surface area contributed by atoms with Crippen LogP contribution in [0.1, 0.15) is 33.1 Å². The van der Waals surface area contributed by atoms with E-state index in [9.17, 15) is 0 Å². The number of alkyl halides is 1. The Morgan fingerprint density at radius 2 is 2.18 bits per heavy atom. The standard InChI is InChI=1S/C10H17Br/c1-3-5-7-10(4-2)8-6-9-11/h4-5,7H,3,6,8-9H2,1-2H3/b7-5-,10-4+. The SMILES string of the molecule is C/C=C(\C=C/CC)CCCBr. The molecule has 0 atom stereocenters. The molecule has 0 fully saturated rings. The Bertz CT molecular complexity index is 134. The summed E-state index contributed by atoms with van der Waals surface area (Å²) in [6, 6.07) is 0. The summed E-state index contributed by atoms with van der Waals surface area (Å²) < 4.78 is 0. The molecule has 64 valence electrons. The topological polar surface area (TPSA) is 0 Å². The van der Waals surface area contributed by atoms with Crippen LogP contribution < -0.4 is 0 Å². The zero-order valence-electron chi connectivity index (χ0n) is 7.44. The maximum absolute atomic E-state index is 3.42. The van der Waals surface area contributed by atoms with Gasteiger partial charge in [-0.15, -0.1) is 0 Å². The maximum Gasteiger partial charge on any atom is 0.00344 e. The van der Waals surface area contributed by atoms with Gasteiger partial charge in [-0.1, -0.05) is 46.7 Å². The first-order valence-corrected chi connectivity index (χ1v) is 5.35. The second-order valence-corrected chi connectivity index (χ2v) is 3.26. The molecule has 0 rings (SSSR count). The molecule has 0 aromatic rings. The molecule has 0 nitrogen and oxygen atoms in total. The highest BCUT2D eigenvalue weighted by Crippen LogP contribution is 2.08. The first-order chi connectivity index (χ1) is 5.35. The predicted molar refractivity (Wildman–Crippen MR) is 56.2 cm³/mol. The van der Waals surface area contributed by atoms with Gasteiger partial charge in [0.25, 0.3) is 0 Å². The van der Waals surface area contributed by atoms with E-state index in [2.05, 4.69) is 48.0 Å². The van der Waals surface area contributed by atoms with Crippen molar-refractivity contribution >= 4 is 15.9 Å². The van der Waals surface area contributed by atoms with Crippen molar-refractivity contribution in [3.8, 4) is 0 Å². The largest absolute Gasteiger partial charge is 0.0928 e. The molecule has 0 amide bonds. The lowest BCUT2D eigenvalue weighted by atomic mass is 10.1. The number of allylic oxidation sites excluding steroid dienone is 4. The van der Waals surface area contributed by atoms with E-state index >= 15 is 0 Å². The van der Waals surface area contributed by atoms with Gasteiger partial charge in [-0.2, -0.15) is 0 Å². The number of hydrogen-bond donors (Lipinski definition) is 0. The van der Waals surface area contributed by atoms with Crippen LogP contribution in [0.25, 0.3) is 0 Å². The lowest BCUT2D eigenvalue weighted by Gasteiger charge is -1.97. The van der Waals surface area contributed by atoms with E-state index in [1.54, 1.807) is 0 Å². The normalized spacial score (nSPS) is 12.8. The fraction of sp³-hybridized carbons (Fsp3) is 0.600. The van der Waals surface area contributed by atoms with Gasteiger partial charge < -0.3 is 0 Å². The van der Waals surface area contributed by atoms with Crippen LogP contribution in [0.3, 0.4) is 0 Å². The molecule has 0 saturated carbocycles. The maximum atomic E-state index is 3.42. The van der Waals surface area contributed by atoms with Crippen LogP contribution in [-0.4, -0.2) is 5.33 Å². The predicted octanol–water partition coefficient (Wildman–Crippen LogP) is 4.07. The Labute approximate surface area is 78.5 Å². The monoisotopic (exact) mass is 216 g/mol. The smallest absolute Gasteiger partial charge is 0.00344 e. The van der Waals surface area contributed by atoms with Crippen LogP contribution in [0.4, 0.5) is 0 Å². The lowest BCUT2D eigenvalue weighted by molar-refractivity contribution is 0.940. The first-order valence-electron chi connectivity index (χ1n) is 4.22. The molecule has 11 heavy (non-hydrogen) atoms. The van der Waals surface area contributed by atoms with E-state index in [1.165, 1.54) is 18.4 Å². The highest BCUT2D eigenvalue weighted by molar-refractivity contribution is 9.09. The van der Waals surface area contributed by atoms with Crippen molar-refractivity contribution in [3.05, 3.63) is 23.8 Å². The summed E-state index contributed by atoms with van der Waals surface area (Å²) in [5.41, 5.74) is 1.45. The van der Waals surface area contributed by atoms with Gasteiger partial charge in [-0.25, -0.2) is 0 Å². The van der Waals surface area contributed by atoms with Crippen LogP contribution in [0, 0.1) is 0 Å². The molecular weight excluding hydrogens is 200 g/mol. The quantitative estimate of drug-likeness (QED) is 0.481. The molecule has 0 aromatic heterocycles. The average Bonchev–Trinajstić information content (AvgIpc) is 2.05. The molecular formula is C10H17Br. The van der Waals surface area contributed by atoms with Gasteiger partial charge in [0.2, 0.25) is 0 Å². The summed E-state index contributed by atoms with van der Waals surface area (Å²) in [7, 11) is 0. The van der Waals surface area contributed by atoms with E-state index in [0.29, 0.717) is 0 Å². The third-order valence-corrected chi connectivity index (χ3v) is 2.10. The molecule has 0 radical (unpaired) electrons. The molecule has 0 saturated heterocycles. The van der Waals surface area contributed by atoms with Crippen LogP contribution in [0.5, 0.6) is 0 Å². The third-order valence-electron chi connectivity index (χ3n) is 1.54. The molecule has 0 bridgehead atoms. The van der Waals surface area contributed by atoms with Crippen molar-refractivity contribution in [1.82, 2.24) is 0 Å². The van der Waals surface area contributed by atoms with Crippen molar-refractivity contribution in [2.75, 3.05) is 5.33 Å². The first kappa shape index (κ1) is 11.0. The van der Waals surface area contributed by atoms with E-state index in [1.807, 2.05) is 0 Å². The van der Waals surface area contributed by atoms with E-state index < -0.39 is 0 Å². The van der Waals surface area contributed by atoms with E-state index in [-0.39, 0.29) is 0 Å². The Morgan fingerprint density at radius 3 is 2.64 bits per heavy atom. The molecule has 0 aromatic carbocycles. The Kier molecular flexibility index (Phi) is 8.03. The highest BCUT2D eigenvalue weighted by atomic mass is 79.9. The zero-order valence-corrected chi connectivity index (χ0v) is 9.02. The highest BCUT2D eigenvalue weighted by Gasteiger charge is 1.89. The minimum absolute atomic E-state index is 1.10. The van der Waals surface area contributed by atoms with Gasteiger partial charge in [0, 0.05) is 5.33 Å². The van der Waals surface area contributed by atoms with Gasteiger partial charge in [-0.3, -0.25) is 0 Å². The van der Waals surface area contributed by atoms with Gasteiger partial charge in [-0.05, 0) is 26.2 Å². The zero-order chi connectivity index (χ0) is 8.53. The van der Waals surface area contributed by atoms with Crippen molar-refractivity contribution in [2.45, 2.75) is 33.1 Å². The summed E-state index contributed by atoms with van der Waals surface area (Å²) in [6.45, 7) is 4.26. The molecule has 0 N–H and O–H groups in total. The Hall–Kier alpha value is -0.0400. The number of rotatable bonds is 5. The molecule has 0 heterocycles. The van der Waals surface area contributed by atoms with Crippen molar-refractivity contribution in [1.29, 1.82) is 0 Å². The molecule has 0 aliphatic carbocycles. The second kappa shape index (κ2) is 8.06. The Balaban J connectivity index is 3.68. The average molecular weight is 217 g/mol. The van der Waals surface area contributed by atoms with Crippen molar-refractivity contribution in [2.24, 2.45) is 0 Å². The molecule has 1 heteroatoms. The second-order valence-electron chi connectivity index (χ2n) is 2.47. The third kappa shape index (κ3) is 6.36. The van der Waals surface area contributed by atoms with E-state index in [0.717, 1.165) is 11.8 Å². The fourth-order valence-corrected chi connectivity index (χ4v) is 1.14. The number of hydrogen-bond acceptors (Lipinski definition) is 0. The summed E-state index contributed by atoms with van der Waals surface area (Å²) in [6.07, 6.45) is 10.2. The Morgan fingerprint density at radius 1 is 1.45 bits per heavy atom. The van der Waals surface area contributed by atoms with Gasteiger partial charge in [0.1, 0.15) is 0 Å². The molecule has 0 unspecified atom stereocenters. The fourth-order valence-electron chi connectivity index (χ4n) is 0.864. The summed E-state index contributed by atoms with van der Waals surface area (Å²) >= 11 is 3.42. The van der Waals surface area contributed by atoms with E-state index in [4.69, 9.17) is 0 Å². The van der Waals surface area contributed by atoms with Crippen molar-refractivity contribution < 1.29 is 0 Å². The summed E-state index contributed by atoms with van der Waals surface area (Å²) in [5.74, 6) is 0. The minimum atomic E-state index is 1.10. The summed E-state index contributed by atoms with van der Waals surface area (Å²) in [5, 5.41) is 1.10. The summed E-state index contributed by atoms with van der Waals surface area (Å²) in [4.78, 5) is 0. The van der Waals surface area contributed by atoms with Crippen LogP contribution in [0.2, 0.25) is 0 Å².